The van der Waals surface area contributed by atoms with Crippen LogP contribution in [0.1, 0.15) is 5.56 Å². The van der Waals surface area contributed by atoms with Crippen LogP contribution >= 0.6 is 23.2 Å². The lowest BCUT2D eigenvalue weighted by Gasteiger charge is -2.08. The van der Waals surface area contributed by atoms with Gasteiger partial charge in [0.2, 0.25) is 0 Å². The summed E-state index contributed by atoms with van der Waals surface area (Å²) in [5, 5.41) is 8.01. The Morgan fingerprint density at radius 3 is 2.65 bits per heavy atom. The fraction of sp³-hybridized carbons (Fsp3) is 0.500. The van der Waals surface area contributed by atoms with Gasteiger partial charge in [-0.15, -0.1) is 0 Å². The molecule has 0 heterocycles. The van der Waals surface area contributed by atoms with E-state index in [0.29, 0.717) is 5.02 Å². The predicted octanol–water partition coefficient (Wildman–Crippen LogP) is 2.32. The first kappa shape index (κ1) is 14.7. The summed E-state index contributed by atoms with van der Waals surface area (Å²) in [5.41, 5.74) is 1.02. The molecule has 3 nitrogen and oxygen atoms in total. The van der Waals surface area contributed by atoms with Crippen LogP contribution in [0.3, 0.4) is 0 Å². The zero-order valence-corrected chi connectivity index (χ0v) is 11.4. The molecule has 0 bridgehead atoms. The SMILES string of the molecule is COCCNCCNCc1cc(Cl)ccc1Cl. The summed E-state index contributed by atoms with van der Waals surface area (Å²) in [6.45, 7) is 4.12. The summed E-state index contributed by atoms with van der Waals surface area (Å²) < 4.78 is 4.93. The number of methoxy groups -OCH3 is 1. The van der Waals surface area contributed by atoms with Gasteiger partial charge in [0.15, 0.2) is 0 Å². The molecular formula is C12H18Cl2N2O. The molecule has 17 heavy (non-hydrogen) atoms. The van der Waals surface area contributed by atoms with E-state index in [4.69, 9.17) is 27.9 Å². The molecule has 1 aromatic rings. The number of hydrogen-bond donors (Lipinski definition) is 2. The van der Waals surface area contributed by atoms with Gasteiger partial charge < -0.3 is 15.4 Å². The first-order valence-corrected chi connectivity index (χ1v) is 6.34. The third kappa shape index (κ3) is 6.24. The first-order valence-electron chi connectivity index (χ1n) is 5.58. The van der Waals surface area contributed by atoms with Gasteiger partial charge in [-0.1, -0.05) is 23.2 Å². The molecule has 2 N–H and O–H groups in total. The Labute approximate surface area is 112 Å². The van der Waals surface area contributed by atoms with Crippen LogP contribution in [-0.2, 0) is 11.3 Å². The first-order chi connectivity index (χ1) is 8.24. The minimum absolute atomic E-state index is 0.712. The van der Waals surface area contributed by atoms with Crippen LogP contribution in [0.15, 0.2) is 18.2 Å². The molecule has 0 saturated heterocycles. The Kier molecular flexibility index (Phi) is 7.56. The molecule has 0 aromatic heterocycles. The highest BCUT2D eigenvalue weighted by Gasteiger charge is 2.00. The van der Waals surface area contributed by atoms with E-state index >= 15 is 0 Å². The second kappa shape index (κ2) is 8.72. The third-order valence-corrected chi connectivity index (χ3v) is 2.89. The van der Waals surface area contributed by atoms with Crippen molar-refractivity contribution in [2.45, 2.75) is 6.54 Å². The highest BCUT2D eigenvalue weighted by atomic mass is 35.5. The second-order valence-electron chi connectivity index (χ2n) is 3.66. The molecule has 0 aliphatic carbocycles. The normalized spacial score (nSPS) is 10.8. The van der Waals surface area contributed by atoms with Crippen molar-refractivity contribution in [3.63, 3.8) is 0 Å². The molecule has 5 heteroatoms. The van der Waals surface area contributed by atoms with Crippen LogP contribution in [0.4, 0.5) is 0 Å². The molecule has 0 aliphatic heterocycles. The van der Waals surface area contributed by atoms with E-state index in [2.05, 4.69) is 10.6 Å². The van der Waals surface area contributed by atoms with Gasteiger partial charge in [0.1, 0.15) is 0 Å². The number of halogens is 2. The quantitative estimate of drug-likeness (QED) is 0.715. The highest BCUT2D eigenvalue weighted by Crippen LogP contribution is 2.20. The maximum absolute atomic E-state index is 6.05. The third-order valence-electron chi connectivity index (χ3n) is 2.28. The zero-order chi connectivity index (χ0) is 12.5. The molecule has 0 unspecified atom stereocenters. The largest absolute Gasteiger partial charge is 0.383 e. The summed E-state index contributed by atoms with van der Waals surface area (Å²) in [5.74, 6) is 0. The number of rotatable bonds is 8. The van der Waals surface area contributed by atoms with Gasteiger partial charge in [0.05, 0.1) is 6.61 Å². The molecule has 1 rings (SSSR count). The van der Waals surface area contributed by atoms with Gasteiger partial charge in [-0.3, -0.25) is 0 Å². The Bertz CT molecular complexity index is 334. The van der Waals surface area contributed by atoms with E-state index in [-0.39, 0.29) is 0 Å². The van der Waals surface area contributed by atoms with Gasteiger partial charge in [0.25, 0.3) is 0 Å². The highest BCUT2D eigenvalue weighted by molar-refractivity contribution is 6.33. The molecule has 0 amide bonds. The average Bonchev–Trinajstić information content (AvgIpc) is 2.32. The molecule has 96 valence electrons. The van der Waals surface area contributed by atoms with Crippen molar-refractivity contribution in [1.29, 1.82) is 0 Å². The van der Waals surface area contributed by atoms with Crippen molar-refractivity contribution in [2.75, 3.05) is 33.4 Å². The molecule has 0 fully saturated rings. The minimum Gasteiger partial charge on any atom is -0.383 e. The molecule has 0 spiro atoms. The molecule has 0 saturated carbocycles. The summed E-state index contributed by atoms with van der Waals surface area (Å²) in [7, 11) is 1.70. The number of hydrogen-bond acceptors (Lipinski definition) is 3. The molecule has 0 radical (unpaired) electrons. The van der Waals surface area contributed by atoms with Gasteiger partial charge in [-0.25, -0.2) is 0 Å². The second-order valence-corrected chi connectivity index (χ2v) is 4.50. The lowest BCUT2D eigenvalue weighted by atomic mass is 10.2. The predicted molar refractivity (Wildman–Crippen MR) is 72.9 cm³/mol. The summed E-state index contributed by atoms with van der Waals surface area (Å²) >= 11 is 11.9. The molecular weight excluding hydrogens is 259 g/mol. The smallest absolute Gasteiger partial charge is 0.0587 e. The maximum Gasteiger partial charge on any atom is 0.0587 e. The molecule has 0 atom stereocenters. The fourth-order valence-corrected chi connectivity index (χ4v) is 1.76. The van der Waals surface area contributed by atoms with Crippen molar-refractivity contribution >= 4 is 23.2 Å². The van der Waals surface area contributed by atoms with Crippen LogP contribution in [-0.4, -0.2) is 33.4 Å². The van der Waals surface area contributed by atoms with E-state index < -0.39 is 0 Å². The Balaban J connectivity index is 2.15. The zero-order valence-electron chi connectivity index (χ0n) is 9.93. The van der Waals surface area contributed by atoms with E-state index in [1.165, 1.54) is 0 Å². The number of nitrogens with one attached hydrogen (secondary N) is 2. The van der Waals surface area contributed by atoms with Crippen LogP contribution in [0.25, 0.3) is 0 Å². The summed E-state index contributed by atoms with van der Waals surface area (Å²) in [6, 6.07) is 5.49. The Morgan fingerprint density at radius 1 is 1.12 bits per heavy atom. The van der Waals surface area contributed by atoms with Gasteiger partial charge in [-0.2, -0.15) is 0 Å². The van der Waals surface area contributed by atoms with Crippen LogP contribution in [0.5, 0.6) is 0 Å². The monoisotopic (exact) mass is 276 g/mol. The molecule has 1 aromatic carbocycles. The van der Waals surface area contributed by atoms with Crippen molar-refractivity contribution in [3.8, 4) is 0 Å². The van der Waals surface area contributed by atoms with Gasteiger partial charge in [0, 0.05) is 43.3 Å². The average molecular weight is 277 g/mol. The van der Waals surface area contributed by atoms with Crippen molar-refractivity contribution in [2.24, 2.45) is 0 Å². The van der Waals surface area contributed by atoms with Crippen LogP contribution in [0, 0.1) is 0 Å². The van der Waals surface area contributed by atoms with E-state index in [1.54, 1.807) is 13.2 Å². The maximum atomic E-state index is 6.05. The summed E-state index contributed by atoms with van der Waals surface area (Å²) in [4.78, 5) is 0. The standard InChI is InChI=1S/C12H18Cl2N2O/c1-17-7-6-15-4-5-16-9-10-8-11(13)2-3-12(10)14/h2-3,8,15-16H,4-7,9H2,1H3. The van der Waals surface area contributed by atoms with Gasteiger partial charge >= 0.3 is 0 Å². The molecule has 0 aliphatic rings. The summed E-state index contributed by atoms with van der Waals surface area (Å²) in [6.07, 6.45) is 0. The number of ether oxygens (including phenoxy) is 1. The fourth-order valence-electron chi connectivity index (χ4n) is 1.38. The van der Waals surface area contributed by atoms with E-state index in [9.17, 15) is 0 Å². The van der Waals surface area contributed by atoms with Crippen molar-refractivity contribution < 1.29 is 4.74 Å². The lowest BCUT2D eigenvalue weighted by molar-refractivity contribution is 0.199. The Morgan fingerprint density at radius 2 is 1.88 bits per heavy atom. The lowest BCUT2D eigenvalue weighted by Crippen LogP contribution is -2.29. The van der Waals surface area contributed by atoms with Crippen LogP contribution < -0.4 is 10.6 Å². The van der Waals surface area contributed by atoms with E-state index in [1.807, 2.05) is 12.1 Å². The van der Waals surface area contributed by atoms with Crippen LogP contribution in [0.2, 0.25) is 10.0 Å². The van der Waals surface area contributed by atoms with E-state index in [0.717, 1.165) is 43.4 Å². The van der Waals surface area contributed by atoms with Gasteiger partial charge in [-0.05, 0) is 23.8 Å². The van der Waals surface area contributed by atoms with Crippen molar-refractivity contribution in [3.05, 3.63) is 33.8 Å². The minimum atomic E-state index is 0.712. The number of benzene rings is 1. The van der Waals surface area contributed by atoms with Crippen molar-refractivity contribution in [1.82, 2.24) is 10.6 Å². The topological polar surface area (TPSA) is 33.3 Å². The Hall–Kier alpha value is -0.320.